The van der Waals surface area contributed by atoms with Gasteiger partial charge < -0.3 is 10.4 Å². The second kappa shape index (κ2) is 6.10. The van der Waals surface area contributed by atoms with Gasteiger partial charge in [0.1, 0.15) is 10.5 Å². The lowest BCUT2D eigenvalue weighted by atomic mass is 10.1. The summed E-state index contributed by atoms with van der Waals surface area (Å²) >= 11 is 0. The number of rotatable bonds is 4. The number of nitrogens with one attached hydrogen (secondary N) is 1. The maximum atomic E-state index is 14.5. The number of hydrogen-bond acceptors (Lipinski definition) is 4. The molecule has 0 aliphatic carbocycles. The summed E-state index contributed by atoms with van der Waals surface area (Å²) in [4.78, 5) is 11.1. The van der Waals surface area contributed by atoms with Gasteiger partial charge in [0.2, 0.25) is 9.84 Å². The van der Waals surface area contributed by atoms with Crippen LogP contribution in [0.3, 0.4) is 0 Å². The molecule has 2 rings (SSSR count). The molecule has 0 atom stereocenters. The predicted molar refractivity (Wildman–Crippen MR) is 83.2 cm³/mol. The van der Waals surface area contributed by atoms with E-state index in [0.717, 1.165) is 6.07 Å². The van der Waals surface area contributed by atoms with Gasteiger partial charge in [0, 0.05) is 0 Å². The number of carbonyl (C=O) groups excluding carboxylic acids is 1. The molecular formula is C16H16FNO4S. The van der Waals surface area contributed by atoms with Gasteiger partial charge in [0.05, 0.1) is 10.6 Å². The van der Waals surface area contributed by atoms with Crippen molar-refractivity contribution >= 4 is 21.4 Å². The summed E-state index contributed by atoms with van der Waals surface area (Å²) in [6.45, 7) is 2.48. The van der Waals surface area contributed by atoms with E-state index in [-0.39, 0.29) is 10.6 Å². The van der Waals surface area contributed by atoms with Crippen LogP contribution in [-0.4, -0.2) is 25.0 Å². The van der Waals surface area contributed by atoms with E-state index < -0.39 is 32.1 Å². The largest absolute Gasteiger partial charge is 0.381 e. The van der Waals surface area contributed by atoms with Crippen LogP contribution in [0, 0.1) is 5.82 Å². The average Bonchev–Trinajstić information content (AvgIpc) is 2.49. The quantitative estimate of drug-likeness (QED) is 0.897. The van der Waals surface area contributed by atoms with Crippen molar-refractivity contribution < 1.29 is 22.7 Å². The Kier molecular flexibility index (Phi) is 4.53. The summed E-state index contributed by atoms with van der Waals surface area (Å²) in [5.41, 5.74) is -2.03. The summed E-state index contributed by atoms with van der Waals surface area (Å²) in [5, 5.41) is 11.8. The van der Waals surface area contributed by atoms with Crippen molar-refractivity contribution in [3.05, 3.63) is 54.3 Å². The van der Waals surface area contributed by atoms with Crippen molar-refractivity contribution in [3.8, 4) is 0 Å². The molecule has 0 fully saturated rings. The summed E-state index contributed by atoms with van der Waals surface area (Å²) < 4.78 is 39.5. The summed E-state index contributed by atoms with van der Waals surface area (Å²) in [6, 6.07) is 11.1. The van der Waals surface area contributed by atoms with Crippen molar-refractivity contribution in [2.45, 2.75) is 29.2 Å². The fraction of sp³-hybridized carbons (Fsp3) is 0.188. The summed E-state index contributed by atoms with van der Waals surface area (Å²) in [6.07, 6.45) is 0. The van der Waals surface area contributed by atoms with E-state index in [1.54, 1.807) is 6.07 Å². The van der Waals surface area contributed by atoms with E-state index in [1.165, 1.54) is 50.2 Å². The lowest BCUT2D eigenvalue weighted by Crippen LogP contribution is -2.37. The first-order chi connectivity index (χ1) is 10.6. The zero-order chi connectivity index (χ0) is 17.3. The van der Waals surface area contributed by atoms with Gasteiger partial charge in [-0.3, -0.25) is 4.79 Å². The van der Waals surface area contributed by atoms with Gasteiger partial charge in [-0.2, -0.15) is 0 Å². The maximum absolute atomic E-state index is 14.5. The van der Waals surface area contributed by atoms with Gasteiger partial charge in [-0.1, -0.05) is 24.3 Å². The number of anilines is 1. The molecule has 2 N–H and O–H groups in total. The Bertz CT molecular complexity index is 827. The highest BCUT2D eigenvalue weighted by Crippen LogP contribution is 2.27. The zero-order valence-electron chi connectivity index (χ0n) is 12.6. The van der Waals surface area contributed by atoms with Crippen molar-refractivity contribution in [2.24, 2.45) is 0 Å². The highest BCUT2D eigenvalue weighted by molar-refractivity contribution is 7.91. The first kappa shape index (κ1) is 17.1. The summed E-state index contributed by atoms with van der Waals surface area (Å²) in [5.74, 6) is -1.92. The maximum Gasteiger partial charge on any atom is 0.255 e. The molecule has 0 heterocycles. The highest BCUT2D eigenvalue weighted by Gasteiger charge is 2.27. The molecule has 5 nitrogen and oxygen atoms in total. The molecular weight excluding hydrogens is 321 g/mol. The third kappa shape index (κ3) is 3.57. The van der Waals surface area contributed by atoms with Crippen molar-refractivity contribution in [1.82, 2.24) is 0 Å². The number of carbonyl (C=O) groups is 1. The summed E-state index contributed by atoms with van der Waals surface area (Å²) in [7, 11) is -4.05. The fourth-order valence-corrected chi connectivity index (χ4v) is 3.19. The normalized spacial score (nSPS) is 12.0. The van der Waals surface area contributed by atoms with E-state index in [9.17, 15) is 22.7 Å². The Labute approximate surface area is 133 Å². The Morgan fingerprint density at radius 2 is 1.70 bits per heavy atom. The molecule has 122 valence electrons. The topological polar surface area (TPSA) is 83.5 Å². The molecule has 0 aliphatic rings. The van der Waals surface area contributed by atoms with Crippen LogP contribution >= 0.6 is 0 Å². The van der Waals surface area contributed by atoms with Crippen LogP contribution in [0.4, 0.5) is 10.1 Å². The molecule has 0 saturated carbocycles. The molecule has 0 radical (unpaired) electrons. The van der Waals surface area contributed by atoms with Crippen molar-refractivity contribution in [3.63, 3.8) is 0 Å². The molecule has 1 amide bonds. The van der Waals surface area contributed by atoms with Crippen LogP contribution in [-0.2, 0) is 14.6 Å². The first-order valence-electron chi connectivity index (χ1n) is 6.76. The molecule has 2 aromatic rings. The molecule has 0 bridgehead atoms. The standard InChI is InChI=1S/C16H16FNO4S/c1-16(2,20)15(19)18-12-9-6-10-13(14(12)17)23(21,22)11-7-4-3-5-8-11/h3-10,20H,1-2H3,(H,18,19). The third-order valence-corrected chi connectivity index (χ3v) is 4.90. The monoisotopic (exact) mass is 337 g/mol. The zero-order valence-corrected chi connectivity index (χ0v) is 13.4. The number of amides is 1. The van der Waals surface area contributed by atoms with Crippen LogP contribution in [0.5, 0.6) is 0 Å². The van der Waals surface area contributed by atoms with Crippen LogP contribution < -0.4 is 5.32 Å². The van der Waals surface area contributed by atoms with E-state index in [0.29, 0.717) is 0 Å². The first-order valence-corrected chi connectivity index (χ1v) is 8.25. The van der Waals surface area contributed by atoms with Crippen LogP contribution in [0.15, 0.2) is 58.3 Å². The lowest BCUT2D eigenvalue weighted by Gasteiger charge is -2.17. The van der Waals surface area contributed by atoms with Gasteiger partial charge in [-0.05, 0) is 38.1 Å². The average molecular weight is 337 g/mol. The van der Waals surface area contributed by atoms with Gasteiger partial charge >= 0.3 is 0 Å². The number of sulfone groups is 1. The molecule has 0 spiro atoms. The smallest absolute Gasteiger partial charge is 0.255 e. The minimum Gasteiger partial charge on any atom is -0.381 e. The molecule has 0 saturated heterocycles. The van der Waals surface area contributed by atoms with E-state index in [2.05, 4.69) is 5.32 Å². The highest BCUT2D eigenvalue weighted by atomic mass is 32.2. The minimum absolute atomic E-state index is 0.0511. The Hall–Kier alpha value is -2.25. The minimum atomic E-state index is -4.05. The molecule has 2 aromatic carbocycles. The Morgan fingerprint density at radius 3 is 2.26 bits per heavy atom. The van der Waals surface area contributed by atoms with Gasteiger partial charge in [0.15, 0.2) is 5.82 Å². The van der Waals surface area contributed by atoms with E-state index >= 15 is 0 Å². The molecule has 0 aromatic heterocycles. The van der Waals surface area contributed by atoms with Crippen LogP contribution in [0.1, 0.15) is 13.8 Å². The molecule has 0 unspecified atom stereocenters. The van der Waals surface area contributed by atoms with Gasteiger partial charge in [-0.25, -0.2) is 12.8 Å². The molecule has 7 heteroatoms. The predicted octanol–water partition coefficient (Wildman–Crippen LogP) is 2.37. The number of hydrogen-bond donors (Lipinski definition) is 2. The van der Waals surface area contributed by atoms with E-state index in [4.69, 9.17) is 0 Å². The van der Waals surface area contributed by atoms with E-state index in [1.807, 2.05) is 0 Å². The Morgan fingerprint density at radius 1 is 1.09 bits per heavy atom. The number of benzene rings is 2. The second-order valence-electron chi connectivity index (χ2n) is 5.45. The van der Waals surface area contributed by atoms with Gasteiger partial charge in [0.25, 0.3) is 5.91 Å². The second-order valence-corrected chi connectivity index (χ2v) is 7.37. The van der Waals surface area contributed by atoms with Crippen LogP contribution in [0.25, 0.3) is 0 Å². The molecule has 23 heavy (non-hydrogen) atoms. The number of aliphatic hydroxyl groups is 1. The van der Waals surface area contributed by atoms with Gasteiger partial charge in [-0.15, -0.1) is 0 Å². The molecule has 0 aliphatic heterocycles. The lowest BCUT2D eigenvalue weighted by molar-refractivity contribution is -0.130. The van der Waals surface area contributed by atoms with Crippen molar-refractivity contribution in [2.75, 3.05) is 5.32 Å². The van der Waals surface area contributed by atoms with Crippen LogP contribution in [0.2, 0.25) is 0 Å². The Balaban J connectivity index is 2.47. The fourth-order valence-electron chi connectivity index (χ4n) is 1.82. The third-order valence-electron chi connectivity index (χ3n) is 3.11. The SMILES string of the molecule is CC(C)(O)C(=O)Nc1cccc(S(=O)(=O)c2ccccc2)c1F. The van der Waals surface area contributed by atoms with Crippen molar-refractivity contribution in [1.29, 1.82) is 0 Å². The number of halogens is 1.